The number of amides is 1. The summed E-state index contributed by atoms with van der Waals surface area (Å²) in [5, 5.41) is 32.1. The Bertz CT molecular complexity index is 3050. The average Bonchev–Trinajstić information content (AvgIpc) is 3.90. The Morgan fingerprint density at radius 3 is 2.38 bits per heavy atom. The van der Waals surface area contributed by atoms with Crippen LogP contribution in [0.4, 0.5) is 10.1 Å². The summed E-state index contributed by atoms with van der Waals surface area (Å²) in [5.41, 5.74) is 7.14. The van der Waals surface area contributed by atoms with Crippen LogP contribution in [0.5, 0.6) is 0 Å². The number of carboxylic acids is 1. The summed E-state index contributed by atoms with van der Waals surface area (Å²) in [5.74, 6) is -1.27. The van der Waals surface area contributed by atoms with Crippen LogP contribution in [0.1, 0.15) is 79.7 Å². The van der Waals surface area contributed by atoms with Crippen LogP contribution in [0.2, 0.25) is 0 Å². The molecule has 4 heterocycles. The SMILES string of the molecule is CCc1ccc(NS(=O)(=O)c2ccc(CNC(=O)c3ccc(-c4ccc(C5=N[C@@H](CC(=O)O)c6nnc(C)n6-c6sc(C)c(C)c65)cc4)cc3F)cc2)c2[nH]cc(C#N)c12. The van der Waals surface area contributed by atoms with Crippen LogP contribution in [-0.4, -0.2) is 50.9 Å². The number of thiophene rings is 1. The number of anilines is 1. The third-order valence-electron chi connectivity index (χ3n) is 10.7. The summed E-state index contributed by atoms with van der Waals surface area (Å²) in [6, 6.07) is 22.5. The van der Waals surface area contributed by atoms with Gasteiger partial charge >= 0.3 is 5.97 Å². The molecule has 0 saturated carbocycles. The van der Waals surface area contributed by atoms with Crippen molar-refractivity contribution in [3.8, 4) is 22.2 Å². The van der Waals surface area contributed by atoms with Crippen LogP contribution in [0, 0.1) is 37.9 Å². The number of hydrogen-bond donors (Lipinski definition) is 4. The van der Waals surface area contributed by atoms with E-state index in [1.807, 2.05) is 56.5 Å². The van der Waals surface area contributed by atoms with Crippen molar-refractivity contribution in [2.45, 2.75) is 58.0 Å². The number of carbonyl (C=O) groups is 2. The maximum absolute atomic E-state index is 15.5. The number of nitrogens with one attached hydrogen (secondary N) is 3. The van der Waals surface area contributed by atoms with Gasteiger partial charge in [-0.2, -0.15) is 5.26 Å². The van der Waals surface area contributed by atoms with Crippen molar-refractivity contribution in [2.24, 2.45) is 4.99 Å². The molecule has 0 unspecified atom stereocenters. The number of hydrogen-bond acceptors (Lipinski definition) is 9. The maximum atomic E-state index is 15.5. The first-order valence-corrected chi connectivity index (χ1v) is 21.2. The molecule has 1 amide bonds. The van der Waals surface area contributed by atoms with Crippen molar-refractivity contribution in [3.63, 3.8) is 0 Å². The molecular weight excluding hydrogens is 804 g/mol. The van der Waals surface area contributed by atoms with E-state index in [1.165, 1.54) is 24.3 Å². The first kappa shape index (κ1) is 39.8. The summed E-state index contributed by atoms with van der Waals surface area (Å²) in [6.45, 7) is 7.84. The van der Waals surface area contributed by atoms with Gasteiger partial charge in [0.15, 0.2) is 5.82 Å². The van der Waals surface area contributed by atoms with Gasteiger partial charge < -0.3 is 15.4 Å². The summed E-state index contributed by atoms with van der Waals surface area (Å²) in [6.07, 6.45) is 1.96. The number of sulfonamides is 1. The molecule has 8 rings (SSSR count). The van der Waals surface area contributed by atoms with Crippen molar-refractivity contribution in [1.29, 1.82) is 5.26 Å². The zero-order valence-electron chi connectivity index (χ0n) is 32.8. The van der Waals surface area contributed by atoms with Gasteiger partial charge in [-0.3, -0.25) is 23.9 Å². The number of nitriles is 1. The summed E-state index contributed by atoms with van der Waals surface area (Å²) < 4.78 is 46.7. The van der Waals surface area contributed by atoms with Gasteiger partial charge in [-0.05, 0) is 85.3 Å². The minimum atomic E-state index is -4.00. The van der Waals surface area contributed by atoms with Gasteiger partial charge in [0.1, 0.15) is 28.8 Å². The van der Waals surface area contributed by atoms with Gasteiger partial charge in [-0.15, -0.1) is 21.5 Å². The molecule has 0 bridgehead atoms. The van der Waals surface area contributed by atoms with Gasteiger partial charge in [0.25, 0.3) is 15.9 Å². The second-order valence-electron chi connectivity index (χ2n) is 14.4. The third kappa shape index (κ3) is 7.22. The molecule has 0 aliphatic carbocycles. The Balaban J connectivity index is 0.958. The number of aryl methyl sites for hydroxylation is 3. The molecule has 0 radical (unpaired) electrons. The average molecular weight is 841 g/mol. The monoisotopic (exact) mass is 840 g/mol. The van der Waals surface area contributed by atoms with Crippen LogP contribution < -0.4 is 10.0 Å². The molecule has 60 heavy (non-hydrogen) atoms. The molecule has 7 aromatic rings. The number of aliphatic imine (C=N–C) groups is 1. The first-order valence-electron chi connectivity index (χ1n) is 18.9. The zero-order chi connectivity index (χ0) is 42.5. The van der Waals surface area contributed by atoms with Crippen LogP contribution in [-0.2, 0) is 27.8 Å². The standard InChI is InChI=1S/C44H37FN8O5S2/c1-5-27-13-17-35(41-39(27)31(20-46)22-47-41)52-60(57,58)32-14-6-26(7-15-32)21-48-43(56)33-16-12-30(18-34(33)45)28-8-10-29(11-9-28)40-38-23(2)24(3)59-44(38)53-25(4)50-51-42(53)36(49-40)19-37(54)55/h6-18,22,36,47,52H,5,19,21H2,1-4H3,(H,48,56)(H,54,55)/t36-/m0/s1. The predicted molar refractivity (Wildman–Crippen MR) is 227 cm³/mol. The van der Waals surface area contributed by atoms with Crippen LogP contribution in [0.15, 0.2) is 94.9 Å². The summed E-state index contributed by atoms with van der Waals surface area (Å²) in [4.78, 5) is 34.1. The molecule has 0 fully saturated rings. The van der Waals surface area contributed by atoms with Crippen molar-refractivity contribution >= 4 is 55.5 Å². The van der Waals surface area contributed by atoms with Crippen LogP contribution in [0.3, 0.4) is 0 Å². The van der Waals surface area contributed by atoms with E-state index in [0.29, 0.717) is 62.6 Å². The highest BCUT2D eigenvalue weighted by Gasteiger charge is 2.32. The molecule has 4 aromatic carbocycles. The highest BCUT2D eigenvalue weighted by molar-refractivity contribution is 7.92. The molecule has 0 saturated heterocycles. The number of carbonyl (C=O) groups excluding carboxylic acids is 1. The van der Waals surface area contributed by atoms with Crippen molar-refractivity contribution in [2.75, 3.05) is 4.72 Å². The lowest BCUT2D eigenvalue weighted by atomic mass is 9.96. The number of nitrogens with zero attached hydrogens (tertiary/aromatic N) is 5. The van der Waals surface area contributed by atoms with E-state index >= 15 is 4.39 Å². The second-order valence-corrected chi connectivity index (χ2v) is 17.3. The number of carboxylic acid groups (broad SMARTS) is 1. The van der Waals surface area contributed by atoms with Gasteiger partial charge in [-0.1, -0.05) is 55.5 Å². The third-order valence-corrected chi connectivity index (χ3v) is 13.2. The van der Waals surface area contributed by atoms with Gasteiger partial charge in [0, 0.05) is 34.1 Å². The minimum absolute atomic E-state index is 0.00150. The molecule has 1 aliphatic heterocycles. The van der Waals surface area contributed by atoms with Gasteiger partial charge in [0.05, 0.1) is 39.4 Å². The fourth-order valence-corrected chi connectivity index (χ4v) is 9.73. The quantitative estimate of drug-likeness (QED) is 0.100. The van der Waals surface area contributed by atoms with E-state index in [0.717, 1.165) is 32.1 Å². The van der Waals surface area contributed by atoms with E-state index in [-0.39, 0.29) is 23.4 Å². The fourth-order valence-electron chi connectivity index (χ4n) is 7.44. The Labute approximate surface area is 348 Å². The topological polar surface area (TPSA) is 195 Å². The Morgan fingerprint density at radius 1 is 0.983 bits per heavy atom. The predicted octanol–water partition coefficient (Wildman–Crippen LogP) is 8.07. The maximum Gasteiger partial charge on any atom is 0.306 e. The smallest absolute Gasteiger partial charge is 0.306 e. The van der Waals surface area contributed by atoms with Crippen LogP contribution >= 0.6 is 11.3 Å². The van der Waals surface area contributed by atoms with Gasteiger partial charge in [0.2, 0.25) is 0 Å². The number of rotatable bonds is 11. The van der Waals surface area contributed by atoms with Crippen molar-refractivity contribution < 1.29 is 27.5 Å². The van der Waals surface area contributed by atoms with E-state index in [9.17, 15) is 28.4 Å². The largest absolute Gasteiger partial charge is 0.481 e. The number of halogens is 1. The molecule has 0 spiro atoms. The second kappa shape index (κ2) is 15.7. The minimum Gasteiger partial charge on any atom is -0.481 e. The normalized spacial score (nSPS) is 13.5. The number of aromatic amines is 1. The van der Waals surface area contributed by atoms with E-state index in [2.05, 4.69) is 31.3 Å². The van der Waals surface area contributed by atoms with Crippen LogP contribution in [0.25, 0.3) is 27.0 Å². The number of H-pyrrole nitrogens is 1. The number of aromatic nitrogens is 4. The van der Waals surface area contributed by atoms with Crippen molar-refractivity contribution in [1.82, 2.24) is 25.1 Å². The number of fused-ring (bicyclic) bond motifs is 4. The Morgan fingerprint density at radius 2 is 1.70 bits per heavy atom. The molecule has 1 atom stereocenters. The lowest BCUT2D eigenvalue weighted by Crippen LogP contribution is -2.24. The Kier molecular flexibility index (Phi) is 10.4. The molecular formula is C44H37FN8O5S2. The van der Waals surface area contributed by atoms with Gasteiger partial charge in [-0.25, -0.2) is 12.8 Å². The molecule has 302 valence electrons. The number of aliphatic carboxylic acids is 1. The molecule has 13 nitrogen and oxygen atoms in total. The number of benzene rings is 4. The molecule has 3 aromatic heterocycles. The van der Waals surface area contributed by atoms with E-state index in [1.54, 1.807) is 47.9 Å². The van der Waals surface area contributed by atoms with E-state index < -0.39 is 33.8 Å². The molecule has 4 N–H and O–H groups in total. The highest BCUT2D eigenvalue weighted by atomic mass is 32.2. The van der Waals surface area contributed by atoms with E-state index in [4.69, 9.17) is 4.99 Å². The molecule has 16 heteroatoms. The van der Waals surface area contributed by atoms with Crippen molar-refractivity contribution in [3.05, 3.63) is 146 Å². The fraction of sp³-hybridized carbons (Fsp3) is 0.182. The zero-order valence-corrected chi connectivity index (χ0v) is 34.4. The lowest BCUT2D eigenvalue weighted by Gasteiger charge is -2.12. The first-order chi connectivity index (χ1) is 28.8. The summed E-state index contributed by atoms with van der Waals surface area (Å²) >= 11 is 1.57. The lowest BCUT2D eigenvalue weighted by molar-refractivity contribution is -0.137. The Hall–Kier alpha value is -6.96. The molecule has 1 aliphatic rings. The highest BCUT2D eigenvalue weighted by Crippen LogP contribution is 2.40. The summed E-state index contributed by atoms with van der Waals surface area (Å²) in [7, 11) is -4.00.